The minimum atomic E-state index is -0.715. The number of hydrogen-bond acceptors (Lipinski definition) is 4. The number of hydrogen-bond donors (Lipinski definition) is 2. The van der Waals surface area contributed by atoms with Crippen LogP contribution < -0.4 is 15.4 Å². The van der Waals surface area contributed by atoms with E-state index in [0.717, 1.165) is 11.3 Å². The van der Waals surface area contributed by atoms with Crippen molar-refractivity contribution in [2.75, 3.05) is 19.0 Å². The van der Waals surface area contributed by atoms with E-state index in [-0.39, 0.29) is 31.2 Å². The van der Waals surface area contributed by atoms with E-state index >= 15 is 0 Å². The number of ether oxygens (including phenoxy) is 1. The molecule has 0 spiro atoms. The smallest absolute Gasteiger partial charge is 0.324 e. The van der Waals surface area contributed by atoms with E-state index in [1.807, 2.05) is 24.3 Å². The third kappa shape index (κ3) is 5.43. The van der Waals surface area contributed by atoms with Crippen LogP contribution in [0.4, 0.5) is 10.5 Å². The highest BCUT2D eigenvalue weighted by atomic mass is 35.5. The van der Waals surface area contributed by atoms with Crippen molar-refractivity contribution in [1.82, 2.24) is 10.2 Å². The Labute approximate surface area is 184 Å². The molecule has 1 fully saturated rings. The second-order valence-electron chi connectivity index (χ2n) is 6.81. The van der Waals surface area contributed by atoms with E-state index in [4.69, 9.17) is 27.9 Å². The first kappa shape index (κ1) is 21.9. The Morgan fingerprint density at radius 1 is 1.13 bits per heavy atom. The molecule has 2 aromatic rings. The molecule has 1 atom stereocenters. The van der Waals surface area contributed by atoms with Gasteiger partial charge in [0.1, 0.15) is 11.8 Å². The van der Waals surface area contributed by atoms with Gasteiger partial charge in [-0.25, -0.2) is 4.79 Å². The van der Waals surface area contributed by atoms with Gasteiger partial charge in [0.05, 0.1) is 17.2 Å². The fraction of sp³-hybridized carbons (Fsp3) is 0.286. The normalized spacial score (nSPS) is 15.8. The molecule has 4 amide bonds. The Hall–Kier alpha value is -2.77. The third-order valence-electron chi connectivity index (χ3n) is 4.75. The number of methoxy groups -OCH3 is 1. The Bertz CT molecular complexity index is 950. The summed E-state index contributed by atoms with van der Waals surface area (Å²) in [7, 11) is 1.59. The molecule has 0 bridgehead atoms. The van der Waals surface area contributed by atoms with Crippen molar-refractivity contribution in [3.8, 4) is 5.75 Å². The summed E-state index contributed by atoms with van der Waals surface area (Å²) in [5.74, 6) is 0.135. The predicted molar refractivity (Wildman–Crippen MR) is 115 cm³/mol. The van der Waals surface area contributed by atoms with Crippen LogP contribution in [-0.4, -0.2) is 42.4 Å². The molecule has 0 radical (unpaired) electrons. The van der Waals surface area contributed by atoms with Crippen molar-refractivity contribution in [3.63, 3.8) is 0 Å². The van der Waals surface area contributed by atoms with E-state index in [1.54, 1.807) is 25.3 Å². The van der Waals surface area contributed by atoms with Crippen LogP contribution in [0.2, 0.25) is 10.0 Å². The molecule has 0 unspecified atom stereocenters. The maximum Gasteiger partial charge on any atom is 0.324 e. The van der Waals surface area contributed by atoms with E-state index in [9.17, 15) is 14.4 Å². The molecular weight excluding hydrogens is 429 g/mol. The molecule has 7 nitrogen and oxygen atoms in total. The molecular formula is C21H21Cl2N3O4. The Kier molecular flexibility index (Phi) is 7.18. The molecule has 158 valence electrons. The summed E-state index contributed by atoms with van der Waals surface area (Å²) in [5, 5.41) is 6.07. The Morgan fingerprint density at radius 3 is 2.53 bits per heavy atom. The lowest BCUT2D eigenvalue weighted by molar-refractivity contribution is -0.127. The van der Waals surface area contributed by atoms with Gasteiger partial charge >= 0.3 is 6.03 Å². The Morgan fingerprint density at radius 2 is 1.87 bits per heavy atom. The summed E-state index contributed by atoms with van der Waals surface area (Å²) in [6.07, 6.45) is 0.813. The largest absolute Gasteiger partial charge is 0.497 e. The van der Waals surface area contributed by atoms with Gasteiger partial charge in [0.15, 0.2) is 0 Å². The quantitative estimate of drug-likeness (QED) is 0.598. The summed E-state index contributed by atoms with van der Waals surface area (Å²) < 4.78 is 5.12. The second kappa shape index (κ2) is 9.82. The predicted octanol–water partition coefficient (Wildman–Crippen LogP) is 3.88. The number of anilines is 1. The van der Waals surface area contributed by atoms with Crippen LogP contribution in [0.3, 0.4) is 0 Å². The van der Waals surface area contributed by atoms with Gasteiger partial charge in [0.25, 0.3) is 5.91 Å². The van der Waals surface area contributed by atoms with Crippen LogP contribution in [0, 0.1) is 0 Å². The van der Waals surface area contributed by atoms with Crippen molar-refractivity contribution in [3.05, 3.63) is 58.1 Å². The van der Waals surface area contributed by atoms with E-state index in [2.05, 4.69) is 10.6 Å². The molecule has 0 aromatic heterocycles. The minimum Gasteiger partial charge on any atom is -0.497 e. The van der Waals surface area contributed by atoms with Crippen molar-refractivity contribution in [2.45, 2.75) is 25.3 Å². The Balaban J connectivity index is 1.48. The van der Waals surface area contributed by atoms with E-state index in [0.29, 0.717) is 22.2 Å². The number of benzene rings is 2. The van der Waals surface area contributed by atoms with E-state index in [1.165, 1.54) is 4.90 Å². The summed E-state index contributed by atoms with van der Waals surface area (Å²) in [4.78, 5) is 38.1. The van der Waals surface area contributed by atoms with Crippen LogP contribution in [0.5, 0.6) is 5.75 Å². The van der Waals surface area contributed by atoms with Crippen LogP contribution in [0.1, 0.15) is 18.4 Å². The van der Waals surface area contributed by atoms with Gasteiger partial charge in [-0.3, -0.25) is 14.5 Å². The zero-order chi connectivity index (χ0) is 21.7. The fourth-order valence-corrected chi connectivity index (χ4v) is 3.39. The van der Waals surface area contributed by atoms with Crippen molar-refractivity contribution in [2.24, 2.45) is 0 Å². The molecule has 1 heterocycles. The molecule has 2 aromatic carbocycles. The molecule has 30 heavy (non-hydrogen) atoms. The average Bonchev–Trinajstić information content (AvgIpc) is 3.01. The highest BCUT2D eigenvalue weighted by Gasteiger charge is 2.37. The van der Waals surface area contributed by atoms with Crippen molar-refractivity contribution >= 4 is 46.7 Å². The van der Waals surface area contributed by atoms with Crippen LogP contribution in [0.25, 0.3) is 0 Å². The van der Waals surface area contributed by atoms with Crippen LogP contribution in [0.15, 0.2) is 42.5 Å². The number of nitrogens with zero attached hydrogens (tertiary/aromatic N) is 1. The van der Waals surface area contributed by atoms with Gasteiger partial charge in [0.2, 0.25) is 5.91 Å². The number of nitrogens with one attached hydrogen (secondary N) is 2. The monoisotopic (exact) mass is 449 g/mol. The highest BCUT2D eigenvalue weighted by molar-refractivity contribution is 6.42. The van der Waals surface area contributed by atoms with Crippen LogP contribution in [-0.2, 0) is 16.0 Å². The molecule has 1 saturated heterocycles. The van der Waals surface area contributed by atoms with Gasteiger partial charge in [-0.15, -0.1) is 0 Å². The molecule has 9 heteroatoms. The molecule has 0 saturated carbocycles. The first-order valence-electron chi connectivity index (χ1n) is 9.37. The molecule has 3 rings (SSSR count). The first-order valence-corrected chi connectivity index (χ1v) is 10.1. The number of urea groups is 1. The topological polar surface area (TPSA) is 87.7 Å². The maximum absolute atomic E-state index is 12.5. The summed E-state index contributed by atoms with van der Waals surface area (Å²) in [6, 6.07) is 11.1. The lowest BCUT2D eigenvalue weighted by Crippen LogP contribution is -2.33. The first-order chi connectivity index (χ1) is 14.4. The summed E-state index contributed by atoms with van der Waals surface area (Å²) >= 11 is 11.8. The van der Waals surface area contributed by atoms with Crippen molar-refractivity contribution < 1.29 is 19.1 Å². The maximum atomic E-state index is 12.5. The fourth-order valence-electron chi connectivity index (χ4n) is 3.09. The van der Waals surface area contributed by atoms with Gasteiger partial charge in [-0.05, 0) is 48.7 Å². The number of rotatable bonds is 8. The summed E-state index contributed by atoms with van der Waals surface area (Å²) in [5.41, 5.74) is 1.50. The lowest BCUT2D eigenvalue weighted by Gasteiger charge is -2.13. The van der Waals surface area contributed by atoms with E-state index < -0.39 is 12.1 Å². The minimum absolute atomic E-state index is 0.0727. The average molecular weight is 450 g/mol. The van der Waals surface area contributed by atoms with Gasteiger partial charge in [-0.1, -0.05) is 35.3 Å². The molecule has 1 aliphatic rings. The number of imide groups is 1. The van der Waals surface area contributed by atoms with Crippen LogP contribution >= 0.6 is 23.2 Å². The number of amides is 4. The molecule has 2 N–H and O–H groups in total. The van der Waals surface area contributed by atoms with Crippen molar-refractivity contribution in [1.29, 1.82) is 0 Å². The lowest BCUT2D eigenvalue weighted by atomic mass is 10.1. The summed E-state index contributed by atoms with van der Waals surface area (Å²) in [6.45, 7) is 0.267. The SMILES string of the molecule is COc1ccc(CCN2C(=O)N[C@H](CCC(=O)Nc3ccc(Cl)c(Cl)c3)C2=O)cc1. The second-order valence-corrected chi connectivity index (χ2v) is 7.62. The third-order valence-corrected chi connectivity index (χ3v) is 5.49. The number of halogens is 2. The van der Waals surface area contributed by atoms with Gasteiger partial charge in [-0.2, -0.15) is 0 Å². The number of carbonyl (C=O) groups excluding carboxylic acids is 3. The zero-order valence-corrected chi connectivity index (χ0v) is 17.8. The van der Waals surface area contributed by atoms with Gasteiger partial charge in [0, 0.05) is 18.7 Å². The zero-order valence-electron chi connectivity index (χ0n) is 16.3. The molecule has 1 aliphatic heterocycles. The van der Waals surface area contributed by atoms with Gasteiger partial charge < -0.3 is 15.4 Å². The molecule has 0 aliphatic carbocycles. The standard InChI is InChI=1S/C21H21Cl2N3O4/c1-30-15-5-2-13(3-6-15)10-11-26-20(28)18(25-21(26)29)8-9-19(27)24-14-4-7-16(22)17(23)12-14/h2-7,12,18H,8-11H2,1H3,(H,24,27)(H,25,29)/t18-/m1/s1. The highest BCUT2D eigenvalue weighted by Crippen LogP contribution is 2.25. The number of carbonyl (C=O) groups is 3.